The zero-order valence-electron chi connectivity index (χ0n) is 9.14. The summed E-state index contributed by atoms with van der Waals surface area (Å²) in [5, 5.41) is 2.97. The third kappa shape index (κ3) is 1.35. The molecule has 3 heteroatoms. The Morgan fingerprint density at radius 3 is 1.92 bits per heavy atom. The van der Waals surface area contributed by atoms with Crippen molar-refractivity contribution in [3.8, 4) is 0 Å². The Hall–Kier alpha value is -0.570. The summed E-state index contributed by atoms with van der Waals surface area (Å²) < 4.78 is 0. The van der Waals surface area contributed by atoms with Gasteiger partial charge in [-0.3, -0.25) is 4.79 Å². The van der Waals surface area contributed by atoms with Gasteiger partial charge in [-0.15, -0.1) is 0 Å². The average molecular weight is 184 g/mol. The van der Waals surface area contributed by atoms with Crippen molar-refractivity contribution < 1.29 is 4.79 Å². The lowest BCUT2D eigenvalue weighted by atomic mass is 9.48. The van der Waals surface area contributed by atoms with E-state index in [0.717, 1.165) is 0 Å². The molecule has 1 aliphatic rings. The number of nitrogens with two attached hydrogens (primary N) is 1. The van der Waals surface area contributed by atoms with E-state index in [1.807, 2.05) is 0 Å². The van der Waals surface area contributed by atoms with E-state index in [1.54, 1.807) is 6.92 Å². The van der Waals surface area contributed by atoms with Crippen LogP contribution >= 0.6 is 0 Å². The van der Waals surface area contributed by atoms with Crippen LogP contribution in [0.25, 0.3) is 0 Å². The van der Waals surface area contributed by atoms with Crippen molar-refractivity contribution in [3.63, 3.8) is 0 Å². The molecule has 1 aliphatic carbocycles. The Bertz CT molecular complexity index is 217. The summed E-state index contributed by atoms with van der Waals surface area (Å²) >= 11 is 0. The molecule has 0 aromatic heterocycles. The molecule has 0 radical (unpaired) electrons. The quantitative estimate of drug-likeness (QED) is 0.635. The maximum absolute atomic E-state index is 11.0. The number of nitrogens with one attached hydrogen (secondary N) is 1. The van der Waals surface area contributed by atoms with E-state index >= 15 is 0 Å². The molecule has 0 bridgehead atoms. The highest BCUT2D eigenvalue weighted by atomic mass is 16.1. The van der Waals surface area contributed by atoms with Crippen LogP contribution < -0.4 is 11.1 Å². The Morgan fingerprint density at radius 1 is 1.23 bits per heavy atom. The number of amides is 1. The summed E-state index contributed by atoms with van der Waals surface area (Å²) in [4.78, 5) is 11.0. The van der Waals surface area contributed by atoms with Crippen molar-refractivity contribution in [2.45, 2.75) is 46.7 Å². The second-order valence-corrected chi connectivity index (χ2v) is 5.25. The third-order valence-corrected chi connectivity index (χ3v) is 3.44. The van der Waals surface area contributed by atoms with Crippen LogP contribution in [0.1, 0.15) is 34.6 Å². The van der Waals surface area contributed by atoms with E-state index in [1.165, 1.54) is 0 Å². The highest BCUT2D eigenvalue weighted by molar-refractivity contribution is 5.73. The molecule has 0 aliphatic heterocycles. The number of rotatable bonds is 1. The van der Waals surface area contributed by atoms with Crippen LogP contribution in [-0.4, -0.2) is 18.0 Å². The summed E-state index contributed by atoms with van der Waals surface area (Å²) in [5.74, 6) is 0.0260. The van der Waals surface area contributed by atoms with Gasteiger partial charge in [-0.1, -0.05) is 27.7 Å². The number of carbonyl (C=O) groups excluding carboxylic acids is 1. The molecule has 0 aromatic rings. The van der Waals surface area contributed by atoms with Crippen molar-refractivity contribution in [2.75, 3.05) is 0 Å². The number of carbonyl (C=O) groups is 1. The minimum Gasteiger partial charge on any atom is -0.352 e. The van der Waals surface area contributed by atoms with Crippen LogP contribution in [-0.2, 0) is 4.79 Å². The second kappa shape index (κ2) is 2.71. The molecule has 0 unspecified atom stereocenters. The molecule has 1 rings (SSSR count). The third-order valence-electron chi connectivity index (χ3n) is 3.44. The molecule has 0 saturated heterocycles. The van der Waals surface area contributed by atoms with Gasteiger partial charge in [-0.25, -0.2) is 0 Å². The van der Waals surface area contributed by atoms with Gasteiger partial charge in [0.25, 0.3) is 0 Å². The molecule has 3 N–H and O–H groups in total. The van der Waals surface area contributed by atoms with Gasteiger partial charge in [0.05, 0.1) is 0 Å². The molecule has 0 atom stereocenters. The molecular weight excluding hydrogens is 164 g/mol. The molecule has 0 spiro atoms. The van der Waals surface area contributed by atoms with Gasteiger partial charge < -0.3 is 11.1 Å². The van der Waals surface area contributed by atoms with Crippen molar-refractivity contribution in [1.82, 2.24) is 5.32 Å². The first-order chi connectivity index (χ1) is 5.70. The molecule has 1 amide bonds. The van der Waals surface area contributed by atoms with Crippen LogP contribution in [0.5, 0.6) is 0 Å². The van der Waals surface area contributed by atoms with E-state index in [-0.39, 0.29) is 28.8 Å². The smallest absolute Gasteiger partial charge is 0.217 e. The zero-order valence-corrected chi connectivity index (χ0v) is 9.14. The van der Waals surface area contributed by atoms with Crippen molar-refractivity contribution in [3.05, 3.63) is 0 Å². The van der Waals surface area contributed by atoms with Crippen molar-refractivity contribution in [1.29, 1.82) is 0 Å². The van der Waals surface area contributed by atoms with Gasteiger partial charge in [-0.05, 0) is 0 Å². The van der Waals surface area contributed by atoms with E-state index in [2.05, 4.69) is 33.0 Å². The van der Waals surface area contributed by atoms with E-state index in [0.29, 0.717) is 0 Å². The summed E-state index contributed by atoms with van der Waals surface area (Å²) in [5.41, 5.74) is 6.07. The first-order valence-corrected chi connectivity index (χ1v) is 4.73. The Kier molecular flexibility index (Phi) is 2.19. The molecule has 0 aromatic carbocycles. The van der Waals surface area contributed by atoms with Crippen LogP contribution in [0.15, 0.2) is 0 Å². The fourth-order valence-corrected chi connectivity index (χ4v) is 2.76. The Balaban J connectivity index is 2.78. The van der Waals surface area contributed by atoms with Gasteiger partial charge in [0, 0.05) is 29.8 Å². The fourth-order valence-electron chi connectivity index (χ4n) is 2.76. The lowest BCUT2D eigenvalue weighted by Gasteiger charge is -2.62. The van der Waals surface area contributed by atoms with Crippen molar-refractivity contribution in [2.24, 2.45) is 16.6 Å². The van der Waals surface area contributed by atoms with E-state index in [4.69, 9.17) is 5.73 Å². The zero-order chi connectivity index (χ0) is 10.4. The van der Waals surface area contributed by atoms with Gasteiger partial charge in [0.15, 0.2) is 0 Å². The molecule has 3 nitrogen and oxygen atoms in total. The minimum absolute atomic E-state index is 0.00910. The summed E-state index contributed by atoms with van der Waals surface area (Å²) in [6, 6.07) is 0.337. The van der Waals surface area contributed by atoms with Crippen LogP contribution in [0.2, 0.25) is 0 Å². The number of hydrogen-bond donors (Lipinski definition) is 2. The Morgan fingerprint density at radius 2 is 1.62 bits per heavy atom. The van der Waals surface area contributed by atoms with E-state index in [9.17, 15) is 4.79 Å². The van der Waals surface area contributed by atoms with Crippen LogP contribution in [0.4, 0.5) is 0 Å². The molecule has 0 heterocycles. The fraction of sp³-hybridized carbons (Fsp3) is 0.900. The van der Waals surface area contributed by atoms with Gasteiger partial charge in [0.2, 0.25) is 5.91 Å². The second-order valence-electron chi connectivity index (χ2n) is 5.25. The van der Waals surface area contributed by atoms with Crippen LogP contribution in [0, 0.1) is 10.8 Å². The highest BCUT2D eigenvalue weighted by Crippen LogP contribution is 2.52. The largest absolute Gasteiger partial charge is 0.352 e. The van der Waals surface area contributed by atoms with Crippen molar-refractivity contribution >= 4 is 5.91 Å². The topological polar surface area (TPSA) is 55.1 Å². The first-order valence-electron chi connectivity index (χ1n) is 4.73. The van der Waals surface area contributed by atoms with Gasteiger partial charge in [0.1, 0.15) is 0 Å². The maximum atomic E-state index is 11.0. The summed E-state index contributed by atoms with van der Waals surface area (Å²) in [7, 11) is 0. The van der Waals surface area contributed by atoms with E-state index < -0.39 is 0 Å². The highest BCUT2D eigenvalue weighted by Gasteiger charge is 2.60. The predicted octanol–water partition coefficient (Wildman–Crippen LogP) is 0.884. The SMILES string of the molecule is CC(=O)NC1C(C)(C)C(N)C1(C)C. The standard InChI is InChI=1S/C10H20N2O/c1-6(13)12-8-9(2,3)7(11)10(8,4)5/h7-8H,11H2,1-5H3,(H,12,13). The minimum atomic E-state index is 0.00910. The number of hydrogen-bond acceptors (Lipinski definition) is 2. The average Bonchev–Trinajstić information content (AvgIpc) is 1.98. The summed E-state index contributed by atoms with van der Waals surface area (Å²) in [6.45, 7) is 9.95. The molecule has 1 saturated carbocycles. The lowest BCUT2D eigenvalue weighted by Crippen LogP contribution is -2.75. The lowest BCUT2D eigenvalue weighted by molar-refractivity contribution is -0.130. The molecule has 1 fully saturated rings. The Labute approximate surface area is 80.1 Å². The van der Waals surface area contributed by atoms with Crippen LogP contribution in [0.3, 0.4) is 0 Å². The normalized spacial score (nSPS) is 34.9. The monoisotopic (exact) mass is 184 g/mol. The molecular formula is C10H20N2O. The van der Waals surface area contributed by atoms with Gasteiger partial charge in [-0.2, -0.15) is 0 Å². The predicted molar refractivity (Wildman–Crippen MR) is 53.1 cm³/mol. The molecule has 13 heavy (non-hydrogen) atoms. The summed E-state index contributed by atoms with van der Waals surface area (Å²) in [6.07, 6.45) is 0. The molecule has 76 valence electrons. The maximum Gasteiger partial charge on any atom is 0.217 e. The first kappa shape index (κ1) is 10.5. The van der Waals surface area contributed by atoms with Gasteiger partial charge >= 0.3 is 0 Å².